The van der Waals surface area contributed by atoms with Gasteiger partial charge in [-0.25, -0.2) is 4.79 Å². The monoisotopic (exact) mass is 320 g/mol. The zero-order valence-corrected chi connectivity index (χ0v) is 14.0. The summed E-state index contributed by atoms with van der Waals surface area (Å²) in [6.45, 7) is 7.22. The standard InChI is InChI=1S/C17H24N2O4/c1-16(2,3)23-15(21)19-8-4-5-12-13(19)6-7-14(18-12)17(9-20)10-22-11-17/h6-7,20H,4-5,8-11H2,1-3H3. The van der Waals surface area contributed by atoms with Crippen LogP contribution < -0.4 is 4.90 Å². The van der Waals surface area contributed by atoms with Crippen molar-refractivity contribution in [3.63, 3.8) is 0 Å². The van der Waals surface area contributed by atoms with Gasteiger partial charge in [0, 0.05) is 6.54 Å². The van der Waals surface area contributed by atoms with Gasteiger partial charge in [0.1, 0.15) is 5.60 Å². The number of hydrogen-bond acceptors (Lipinski definition) is 5. The van der Waals surface area contributed by atoms with Crippen molar-refractivity contribution in [1.82, 2.24) is 4.98 Å². The number of rotatable bonds is 2. The van der Waals surface area contributed by atoms with Crippen molar-refractivity contribution in [2.75, 3.05) is 31.3 Å². The summed E-state index contributed by atoms with van der Waals surface area (Å²) in [5.41, 5.74) is 1.63. The Morgan fingerprint density at radius 2 is 2.17 bits per heavy atom. The summed E-state index contributed by atoms with van der Waals surface area (Å²) < 4.78 is 10.7. The van der Waals surface area contributed by atoms with Crippen LogP contribution in [0.1, 0.15) is 38.6 Å². The lowest BCUT2D eigenvalue weighted by Crippen LogP contribution is -2.50. The van der Waals surface area contributed by atoms with Gasteiger partial charge in [0.25, 0.3) is 0 Å². The van der Waals surface area contributed by atoms with Crippen molar-refractivity contribution in [1.29, 1.82) is 0 Å². The molecular weight excluding hydrogens is 296 g/mol. The van der Waals surface area contributed by atoms with E-state index >= 15 is 0 Å². The Bertz CT molecular complexity index is 600. The molecule has 3 rings (SSSR count). The molecule has 1 aromatic rings. The second-order valence-electron chi connectivity index (χ2n) is 7.33. The average molecular weight is 320 g/mol. The molecule has 0 bridgehead atoms. The highest BCUT2D eigenvalue weighted by atomic mass is 16.6. The third-order valence-corrected chi connectivity index (χ3v) is 4.25. The number of nitrogens with zero attached hydrogens (tertiary/aromatic N) is 2. The highest BCUT2D eigenvalue weighted by Gasteiger charge is 2.42. The zero-order chi connectivity index (χ0) is 16.7. The first-order valence-electron chi connectivity index (χ1n) is 8.04. The first-order valence-corrected chi connectivity index (χ1v) is 8.04. The summed E-state index contributed by atoms with van der Waals surface area (Å²) in [5.74, 6) is 0. The highest BCUT2D eigenvalue weighted by Crippen LogP contribution is 2.34. The second-order valence-corrected chi connectivity index (χ2v) is 7.33. The van der Waals surface area contributed by atoms with Crippen LogP contribution in [0.3, 0.4) is 0 Å². The smallest absolute Gasteiger partial charge is 0.414 e. The van der Waals surface area contributed by atoms with Crippen LogP contribution in [0.4, 0.5) is 10.5 Å². The number of fused-ring (bicyclic) bond motifs is 1. The maximum absolute atomic E-state index is 12.4. The molecule has 0 atom stereocenters. The summed E-state index contributed by atoms with van der Waals surface area (Å²) in [7, 11) is 0. The highest BCUT2D eigenvalue weighted by molar-refractivity contribution is 5.89. The Morgan fingerprint density at radius 1 is 1.43 bits per heavy atom. The fourth-order valence-corrected chi connectivity index (χ4v) is 2.92. The van der Waals surface area contributed by atoms with E-state index in [0.717, 1.165) is 29.9 Å². The SMILES string of the molecule is CC(C)(C)OC(=O)N1CCCc2nc(C3(CO)COC3)ccc21. The van der Waals surface area contributed by atoms with E-state index < -0.39 is 5.60 Å². The van der Waals surface area contributed by atoms with E-state index in [0.29, 0.717) is 19.8 Å². The van der Waals surface area contributed by atoms with E-state index in [1.807, 2.05) is 32.9 Å². The maximum atomic E-state index is 12.4. The van der Waals surface area contributed by atoms with Crippen LogP contribution in [0, 0.1) is 0 Å². The van der Waals surface area contributed by atoms with Gasteiger partial charge in [-0.15, -0.1) is 0 Å². The molecule has 0 saturated carbocycles. The Balaban J connectivity index is 1.87. The molecule has 6 nitrogen and oxygen atoms in total. The molecule has 1 aromatic heterocycles. The van der Waals surface area contributed by atoms with Gasteiger partial charge < -0.3 is 14.6 Å². The molecule has 0 unspecified atom stereocenters. The minimum atomic E-state index is -0.522. The van der Waals surface area contributed by atoms with Crippen LogP contribution in [-0.2, 0) is 21.3 Å². The predicted molar refractivity (Wildman–Crippen MR) is 85.7 cm³/mol. The van der Waals surface area contributed by atoms with E-state index in [4.69, 9.17) is 14.5 Å². The van der Waals surface area contributed by atoms with Crippen LogP contribution in [0.5, 0.6) is 0 Å². The summed E-state index contributed by atoms with van der Waals surface area (Å²) in [6.07, 6.45) is 1.34. The topological polar surface area (TPSA) is 71.9 Å². The minimum Gasteiger partial charge on any atom is -0.443 e. The molecule has 3 heterocycles. The number of aromatic nitrogens is 1. The Morgan fingerprint density at radius 3 is 2.74 bits per heavy atom. The molecule has 1 N–H and O–H groups in total. The molecule has 126 valence electrons. The van der Waals surface area contributed by atoms with Crippen molar-refractivity contribution >= 4 is 11.8 Å². The van der Waals surface area contributed by atoms with Gasteiger partial charge >= 0.3 is 6.09 Å². The lowest BCUT2D eigenvalue weighted by molar-refractivity contribution is -0.0862. The van der Waals surface area contributed by atoms with E-state index in [1.54, 1.807) is 4.90 Å². The molecule has 0 spiro atoms. The Kier molecular flexibility index (Phi) is 4.06. The van der Waals surface area contributed by atoms with Crippen molar-refractivity contribution in [3.05, 3.63) is 23.5 Å². The normalized spacial score (nSPS) is 19.7. The lowest BCUT2D eigenvalue weighted by Gasteiger charge is -2.40. The fraction of sp³-hybridized carbons (Fsp3) is 0.647. The van der Waals surface area contributed by atoms with Crippen molar-refractivity contribution < 1.29 is 19.4 Å². The number of ether oxygens (including phenoxy) is 2. The van der Waals surface area contributed by atoms with E-state index in [2.05, 4.69) is 0 Å². The molecule has 0 aliphatic carbocycles. The number of aryl methyl sites for hydroxylation is 1. The van der Waals surface area contributed by atoms with Gasteiger partial charge in [0.15, 0.2) is 0 Å². The van der Waals surface area contributed by atoms with Gasteiger partial charge in [0.05, 0.1) is 42.3 Å². The summed E-state index contributed by atoms with van der Waals surface area (Å²) in [6, 6.07) is 3.80. The number of amides is 1. The molecule has 2 aliphatic rings. The summed E-state index contributed by atoms with van der Waals surface area (Å²) >= 11 is 0. The van der Waals surface area contributed by atoms with E-state index in [1.165, 1.54) is 0 Å². The molecule has 6 heteroatoms. The average Bonchev–Trinajstić information content (AvgIpc) is 2.44. The zero-order valence-electron chi connectivity index (χ0n) is 14.0. The maximum Gasteiger partial charge on any atom is 0.414 e. The second kappa shape index (κ2) is 5.76. The van der Waals surface area contributed by atoms with Crippen LogP contribution in [0.25, 0.3) is 0 Å². The quantitative estimate of drug-likeness (QED) is 0.903. The molecular formula is C17H24N2O4. The van der Waals surface area contributed by atoms with Gasteiger partial charge in [-0.05, 0) is 45.7 Å². The molecule has 1 amide bonds. The summed E-state index contributed by atoms with van der Waals surface area (Å²) in [5, 5.41) is 9.66. The number of hydrogen-bond donors (Lipinski definition) is 1. The van der Waals surface area contributed by atoms with E-state index in [9.17, 15) is 9.90 Å². The lowest BCUT2D eigenvalue weighted by atomic mass is 9.82. The molecule has 23 heavy (non-hydrogen) atoms. The Hall–Kier alpha value is -1.66. The molecule has 1 fully saturated rings. The van der Waals surface area contributed by atoms with Crippen molar-refractivity contribution in [3.8, 4) is 0 Å². The fourth-order valence-electron chi connectivity index (χ4n) is 2.92. The first kappa shape index (κ1) is 16.2. The van der Waals surface area contributed by atoms with Crippen LogP contribution in [0.15, 0.2) is 12.1 Å². The van der Waals surface area contributed by atoms with Crippen LogP contribution >= 0.6 is 0 Å². The summed E-state index contributed by atoms with van der Waals surface area (Å²) in [4.78, 5) is 18.8. The van der Waals surface area contributed by atoms with Gasteiger partial charge in [-0.1, -0.05) is 0 Å². The molecule has 0 radical (unpaired) electrons. The number of aliphatic hydroxyl groups excluding tert-OH is 1. The van der Waals surface area contributed by atoms with Crippen LogP contribution in [0.2, 0.25) is 0 Å². The number of anilines is 1. The largest absolute Gasteiger partial charge is 0.443 e. The number of pyridine rings is 1. The third-order valence-electron chi connectivity index (χ3n) is 4.25. The molecule has 1 saturated heterocycles. The Labute approximate surface area is 136 Å². The molecule has 2 aliphatic heterocycles. The number of carbonyl (C=O) groups excluding carboxylic acids is 1. The van der Waals surface area contributed by atoms with E-state index in [-0.39, 0.29) is 18.1 Å². The first-order chi connectivity index (χ1) is 10.8. The third kappa shape index (κ3) is 3.05. The van der Waals surface area contributed by atoms with Crippen LogP contribution in [-0.4, -0.2) is 48.2 Å². The molecule has 0 aromatic carbocycles. The van der Waals surface area contributed by atoms with Crippen molar-refractivity contribution in [2.24, 2.45) is 0 Å². The van der Waals surface area contributed by atoms with Gasteiger partial charge in [0.2, 0.25) is 0 Å². The predicted octanol–water partition coefficient (Wildman–Crippen LogP) is 2.03. The van der Waals surface area contributed by atoms with Crippen molar-refractivity contribution in [2.45, 2.75) is 44.6 Å². The number of aliphatic hydroxyl groups is 1. The number of carbonyl (C=O) groups is 1. The minimum absolute atomic E-state index is 0.0224. The van der Waals surface area contributed by atoms with Gasteiger partial charge in [-0.3, -0.25) is 9.88 Å². The van der Waals surface area contributed by atoms with Gasteiger partial charge in [-0.2, -0.15) is 0 Å².